The molecule has 28 heavy (non-hydrogen) atoms. The second-order valence-electron chi connectivity index (χ2n) is 9.37. The molecule has 0 radical (unpaired) electrons. The third kappa shape index (κ3) is 3.30. The molecule has 2 aliphatic rings. The molecule has 1 aliphatic carbocycles. The van der Waals surface area contributed by atoms with E-state index >= 15 is 0 Å². The summed E-state index contributed by atoms with van der Waals surface area (Å²) < 4.78 is 13.1. The zero-order valence-corrected chi connectivity index (χ0v) is 17.2. The van der Waals surface area contributed by atoms with Gasteiger partial charge in [-0.3, -0.25) is 9.69 Å². The van der Waals surface area contributed by atoms with Crippen LogP contribution >= 0.6 is 0 Å². The summed E-state index contributed by atoms with van der Waals surface area (Å²) in [6, 6.07) is 15.4. The number of rotatable bonds is 5. The lowest BCUT2D eigenvalue weighted by atomic mass is 9.56. The third-order valence-corrected chi connectivity index (χ3v) is 7.16. The Morgan fingerprint density at radius 2 is 1.75 bits per heavy atom. The number of fused-ring (bicyclic) bond motifs is 4. The highest BCUT2D eigenvalue weighted by Crippen LogP contribution is 2.51. The normalized spacial score (nSPS) is 25.9. The van der Waals surface area contributed by atoms with Gasteiger partial charge in [0.2, 0.25) is 0 Å². The molecule has 2 aromatic carbocycles. The predicted octanol–water partition coefficient (Wildman–Crippen LogP) is 5.50. The third-order valence-electron chi connectivity index (χ3n) is 7.16. The van der Waals surface area contributed by atoms with Gasteiger partial charge in [0.05, 0.1) is 0 Å². The molecule has 4 rings (SSSR count). The van der Waals surface area contributed by atoms with E-state index in [1.54, 1.807) is 12.1 Å². The Morgan fingerprint density at radius 3 is 2.46 bits per heavy atom. The first-order valence-electron chi connectivity index (χ1n) is 10.4. The highest BCUT2D eigenvalue weighted by Gasteiger charge is 2.50. The van der Waals surface area contributed by atoms with E-state index in [0.717, 1.165) is 19.5 Å². The number of carbonyl (C=O) groups is 1. The average molecular weight is 380 g/mol. The molecule has 1 aliphatic heterocycles. The number of benzene rings is 2. The van der Waals surface area contributed by atoms with Gasteiger partial charge in [0.25, 0.3) is 0 Å². The van der Waals surface area contributed by atoms with Crippen LogP contribution in [0.2, 0.25) is 0 Å². The molecule has 0 N–H and O–H groups in total. The predicted molar refractivity (Wildman–Crippen MR) is 111 cm³/mol. The van der Waals surface area contributed by atoms with Crippen molar-refractivity contribution in [1.82, 2.24) is 4.90 Å². The second-order valence-corrected chi connectivity index (χ2v) is 9.37. The molecule has 0 spiro atoms. The molecule has 2 unspecified atom stereocenters. The Hall–Kier alpha value is -2.00. The van der Waals surface area contributed by atoms with Crippen LogP contribution in [0, 0.1) is 5.82 Å². The maximum Gasteiger partial charge on any atom is 0.162 e. The van der Waals surface area contributed by atoms with Crippen molar-refractivity contribution in [3.05, 3.63) is 71.0 Å². The monoisotopic (exact) mass is 379 g/mol. The number of Topliss-reactive ketones (excluding diaryl/α,β-unsaturated/α-hetero) is 1. The summed E-state index contributed by atoms with van der Waals surface area (Å²) in [4.78, 5) is 15.0. The van der Waals surface area contributed by atoms with Gasteiger partial charge in [0, 0.05) is 23.4 Å². The fourth-order valence-electron chi connectivity index (χ4n) is 5.40. The van der Waals surface area contributed by atoms with Crippen LogP contribution in [0.15, 0.2) is 48.5 Å². The molecule has 148 valence electrons. The van der Waals surface area contributed by atoms with Crippen molar-refractivity contribution in [3.8, 4) is 0 Å². The minimum absolute atomic E-state index is 0.107. The van der Waals surface area contributed by atoms with Gasteiger partial charge in [-0.15, -0.1) is 0 Å². The molecule has 0 amide bonds. The van der Waals surface area contributed by atoms with Crippen molar-refractivity contribution < 1.29 is 9.18 Å². The molecule has 2 aromatic rings. The van der Waals surface area contributed by atoms with Crippen molar-refractivity contribution in [1.29, 1.82) is 0 Å². The smallest absolute Gasteiger partial charge is 0.162 e. The Morgan fingerprint density at radius 1 is 1.07 bits per heavy atom. The van der Waals surface area contributed by atoms with E-state index in [4.69, 9.17) is 0 Å². The van der Waals surface area contributed by atoms with Crippen molar-refractivity contribution in [2.45, 2.75) is 63.3 Å². The highest BCUT2D eigenvalue weighted by molar-refractivity contribution is 5.95. The first kappa shape index (κ1) is 19.3. The van der Waals surface area contributed by atoms with E-state index < -0.39 is 0 Å². The number of nitrogens with zero attached hydrogens (tertiary/aromatic N) is 1. The Kier molecular flexibility index (Phi) is 4.91. The average Bonchev–Trinajstić information content (AvgIpc) is 2.69. The van der Waals surface area contributed by atoms with Gasteiger partial charge < -0.3 is 0 Å². The van der Waals surface area contributed by atoms with Crippen molar-refractivity contribution >= 4 is 5.78 Å². The summed E-state index contributed by atoms with van der Waals surface area (Å²) >= 11 is 0. The SMILES string of the molecule is CC12CCN(CCCC(=O)c3ccc(F)cc3)C(C1)C(C)(C)c1ccccc12. The minimum Gasteiger partial charge on any atom is -0.299 e. The van der Waals surface area contributed by atoms with E-state index in [1.165, 1.54) is 36.1 Å². The standard InChI is InChI=1S/C25H30FNO/c1-24(2)20-7-4-5-8-21(20)25(3)14-16-27(23(24)17-25)15-6-9-22(28)18-10-12-19(26)13-11-18/h4-5,7-8,10-13,23H,6,9,14-17H2,1-3H3. The maximum atomic E-state index is 13.1. The molecule has 2 bridgehead atoms. The fraction of sp³-hybridized carbons (Fsp3) is 0.480. The van der Waals surface area contributed by atoms with E-state index in [1.807, 2.05) is 0 Å². The molecule has 1 saturated heterocycles. The number of hydrogen-bond acceptors (Lipinski definition) is 2. The van der Waals surface area contributed by atoms with Crippen molar-refractivity contribution in [2.24, 2.45) is 0 Å². The first-order chi connectivity index (χ1) is 13.3. The van der Waals surface area contributed by atoms with Crippen LogP contribution in [0.3, 0.4) is 0 Å². The maximum absolute atomic E-state index is 13.1. The van der Waals surface area contributed by atoms with Gasteiger partial charge in [-0.05, 0) is 73.2 Å². The first-order valence-corrected chi connectivity index (χ1v) is 10.4. The largest absolute Gasteiger partial charge is 0.299 e. The van der Waals surface area contributed by atoms with Crippen LogP contribution in [-0.2, 0) is 10.8 Å². The van der Waals surface area contributed by atoms with Gasteiger partial charge in [0.15, 0.2) is 5.78 Å². The van der Waals surface area contributed by atoms with Crippen LogP contribution in [0.5, 0.6) is 0 Å². The molecule has 2 atom stereocenters. The van der Waals surface area contributed by atoms with E-state index in [2.05, 4.69) is 49.9 Å². The number of carbonyl (C=O) groups excluding carboxylic acids is 1. The quantitative estimate of drug-likeness (QED) is 0.639. The molecule has 2 nitrogen and oxygen atoms in total. The van der Waals surface area contributed by atoms with Crippen LogP contribution in [0.25, 0.3) is 0 Å². The van der Waals surface area contributed by atoms with Crippen molar-refractivity contribution in [2.75, 3.05) is 13.1 Å². The van der Waals surface area contributed by atoms with E-state index in [9.17, 15) is 9.18 Å². The van der Waals surface area contributed by atoms with Crippen LogP contribution < -0.4 is 0 Å². The second kappa shape index (κ2) is 7.11. The number of hydrogen-bond donors (Lipinski definition) is 0. The molecule has 1 fully saturated rings. The molecular formula is C25H30FNO. The Labute approximate surface area is 167 Å². The van der Waals surface area contributed by atoms with Gasteiger partial charge in [0.1, 0.15) is 5.82 Å². The summed E-state index contributed by atoms with van der Waals surface area (Å²) in [5.41, 5.74) is 4.00. The lowest BCUT2D eigenvalue weighted by Gasteiger charge is -2.57. The lowest BCUT2D eigenvalue weighted by molar-refractivity contribution is 0.0376. The van der Waals surface area contributed by atoms with Gasteiger partial charge in [-0.25, -0.2) is 4.39 Å². The molecule has 0 saturated carbocycles. The van der Waals surface area contributed by atoms with Gasteiger partial charge in [-0.2, -0.15) is 0 Å². The molecule has 1 heterocycles. The topological polar surface area (TPSA) is 20.3 Å². The number of likely N-dealkylation sites (tertiary alicyclic amines) is 1. The Balaban J connectivity index is 1.45. The number of ketones is 1. The molecule has 3 heteroatoms. The molecular weight excluding hydrogens is 349 g/mol. The lowest BCUT2D eigenvalue weighted by Crippen LogP contribution is -2.59. The summed E-state index contributed by atoms with van der Waals surface area (Å²) in [6.07, 6.45) is 3.72. The van der Waals surface area contributed by atoms with Gasteiger partial charge in [-0.1, -0.05) is 45.0 Å². The summed E-state index contributed by atoms with van der Waals surface area (Å²) in [7, 11) is 0. The fourth-order valence-corrected chi connectivity index (χ4v) is 5.40. The summed E-state index contributed by atoms with van der Waals surface area (Å²) in [5, 5.41) is 0. The van der Waals surface area contributed by atoms with Crippen LogP contribution in [0.4, 0.5) is 4.39 Å². The van der Waals surface area contributed by atoms with Crippen LogP contribution in [-0.4, -0.2) is 29.8 Å². The van der Waals surface area contributed by atoms with Crippen LogP contribution in [0.1, 0.15) is 67.9 Å². The van der Waals surface area contributed by atoms with Gasteiger partial charge >= 0.3 is 0 Å². The highest BCUT2D eigenvalue weighted by atomic mass is 19.1. The summed E-state index contributed by atoms with van der Waals surface area (Å²) in [5.74, 6) is -0.192. The zero-order chi connectivity index (χ0) is 19.9. The summed E-state index contributed by atoms with van der Waals surface area (Å²) in [6.45, 7) is 9.20. The number of piperidine rings is 1. The van der Waals surface area contributed by atoms with E-state index in [-0.39, 0.29) is 22.4 Å². The van der Waals surface area contributed by atoms with Crippen molar-refractivity contribution in [3.63, 3.8) is 0 Å². The van der Waals surface area contributed by atoms with E-state index in [0.29, 0.717) is 18.0 Å². The zero-order valence-electron chi connectivity index (χ0n) is 17.2. The Bertz CT molecular complexity index is 872. The number of halogens is 1. The minimum atomic E-state index is -0.298. The molecule has 0 aromatic heterocycles.